The third-order valence-electron chi connectivity index (χ3n) is 2.99. The van der Waals surface area contributed by atoms with Gasteiger partial charge in [-0.15, -0.1) is 0 Å². The normalized spacial score (nSPS) is 14.3. The van der Waals surface area contributed by atoms with Crippen molar-refractivity contribution in [3.63, 3.8) is 0 Å². The third-order valence-corrected chi connectivity index (χ3v) is 3.23. The summed E-state index contributed by atoms with van der Waals surface area (Å²) in [6.07, 6.45) is 0.850. The molecule has 0 saturated heterocycles. The number of carbonyl (C=O) groups is 1. The molecule has 4 heteroatoms. The van der Waals surface area contributed by atoms with Gasteiger partial charge >= 0.3 is 0 Å². The van der Waals surface area contributed by atoms with Gasteiger partial charge in [0.1, 0.15) is 6.04 Å². The number of hydrogen-bond donors (Lipinski definition) is 2. The van der Waals surface area contributed by atoms with E-state index in [-0.39, 0.29) is 23.9 Å². The summed E-state index contributed by atoms with van der Waals surface area (Å²) in [5, 5.41) is 3.03. The van der Waals surface area contributed by atoms with Gasteiger partial charge in [0.25, 0.3) is 0 Å². The summed E-state index contributed by atoms with van der Waals surface area (Å²) in [4.78, 5) is 14.6. The average molecular weight is 269 g/mol. The summed E-state index contributed by atoms with van der Waals surface area (Å²) in [6, 6.07) is 9.62. The van der Waals surface area contributed by atoms with Crippen LogP contribution >= 0.6 is 11.8 Å². The summed E-state index contributed by atoms with van der Waals surface area (Å²) in [7, 11) is 0. The van der Waals surface area contributed by atoms with Crippen LogP contribution in [-0.2, 0) is 4.79 Å². The fraction of sp³-hybridized carbons (Fsp3) is 0.500. The molecule has 0 heterocycles. The zero-order valence-corrected chi connectivity index (χ0v) is 11.9. The van der Waals surface area contributed by atoms with E-state index in [1.165, 1.54) is 0 Å². The number of rotatable bonds is 6. The molecular formula is C14H21ClN2O. The monoisotopic (exact) mass is 268 g/mol. The fourth-order valence-corrected chi connectivity index (χ4v) is 2.20. The molecule has 3 nitrogen and oxygen atoms in total. The van der Waals surface area contributed by atoms with Gasteiger partial charge in [0.05, 0.1) is 6.04 Å². The Bertz CT molecular complexity index is 367. The van der Waals surface area contributed by atoms with Crippen LogP contribution in [0.2, 0.25) is 0 Å². The molecule has 1 aromatic carbocycles. The van der Waals surface area contributed by atoms with Gasteiger partial charge in [0.15, 0.2) is 0 Å². The Hall–Kier alpha value is -1.06. The zero-order chi connectivity index (χ0) is 13.5. The maximum atomic E-state index is 12.1. The molecule has 0 saturated carbocycles. The predicted octanol–water partition coefficient (Wildman–Crippen LogP) is 3.02. The van der Waals surface area contributed by atoms with Crippen LogP contribution in [-0.4, -0.2) is 11.9 Å². The van der Waals surface area contributed by atoms with Crippen LogP contribution < -0.4 is 10.2 Å². The second-order valence-electron chi connectivity index (χ2n) is 4.71. The molecule has 0 aliphatic heterocycles. The lowest BCUT2D eigenvalue weighted by Gasteiger charge is -2.23. The Balaban J connectivity index is 2.72. The molecule has 1 rings (SSSR count). The minimum absolute atomic E-state index is 0.0324. The van der Waals surface area contributed by atoms with E-state index in [9.17, 15) is 4.79 Å². The highest BCUT2D eigenvalue weighted by Crippen LogP contribution is 2.16. The molecular weight excluding hydrogens is 248 g/mol. The number of hydrogen-bond acceptors (Lipinski definition) is 2. The van der Waals surface area contributed by atoms with E-state index in [0.29, 0.717) is 0 Å². The average Bonchev–Trinajstić information content (AvgIpc) is 2.37. The van der Waals surface area contributed by atoms with Crippen LogP contribution in [0.15, 0.2) is 30.3 Å². The van der Waals surface area contributed by atoms with Gasteiger partial charge in [-0.05, 0) is 29.7 Å². The van der Waals surface area contributed by atoms with Gasteiger partial charge in [-0.3, -0.25) is 4.79 Å². The van der Waals surface area contributed by atoms with Crippen molar-refractivity contribution in [1.29, 1.82) is 0 Å². The first-order chi connectivity index (χ1) is 8.60. The molecule has 0 aromatic heterocycles. The van der Waals surface area contributed by atoms with Crippen LogP contribution in [0.5, 0.6) is 0 Å². The van der Waals surface area contributed by atoms with Gasteiger partial charge in [0, 0.05) is 0 Å². The molecule has 1 amide bonds. The molecule has 0 radical (unpaired) electrons. The summed E-state index contributed by atoms with van der Waals surface area (Å²) < 4.78 is 0. The molecule has 0 aliphatic rings. The lowest BCUT2D eigenvalue weighted by Crippen LogP contribution is -2.45. The molecule has 1 unspecified atom stereocenters. The van der Waals surface area contributed by atoms with Crippen molar-refractivity contribution >= 4 is 17.7 Å². The van der Waals surface area contributed by atoms with Crippen molar-refractivity contribution in [1.82, 2.24) is 10.2 Å². The Morgan fingerprint density at radius 1 is 1.28 bits per heavy atom. The van der Waals surface area contributed by atoms with Crippen molar-refractivity contribution in [2.75, 3.05) is 0 Å². The van der Waals surface area contributed by atoms with Crippen LogP contribution in [0.4, 0.5) is 0 Å². The Labute approximate surface area is 114 Å². The van der Waals surface area contributed by atoms with Crippen molar-refractivity contribution in [2.24, 2.45) is 5.92 Å². The van der Waals surface area contributed by atoms with E-state index in [2.05, 4.69) is 17.1 Å². The minimum atomic E-state index is -0.371. The Morgan fingerprint density at radius 2 is 1.89 bits per heavy atom. The molecule has 2 N–H and O–H groups in total. The van der Waals surface area contributed by atoms with E-state index in [1.807, 2.05) is 44.2 Å². The predicted molar refractivity (Wildman–Crippen MR) is 75.2 cm³/mol. The van der Waals surface area contributed by atoms with Gasteiger partial charge in [0.2, 0.25) is 5.91 Å². The molecule has 0 bridgehead atoms. The highest BCUT2D eigenvalue weighted by molar-refractivity contribution is 6.15. The number of carbonyl (C=O) groups excluding carboxylic acids is 1. The summed E-state index contributed by atoms with van der Waals surface area (Å²) >= 11 is 5.62. The molecule has 0 fully saturated rings. The van der Waals surface area contributed by atoms with Gasteiger partial charge in [-0.2, -0.15) is 0 Å². The van der Waals surface area contributed by atoms with Crippen molar-refractivity contribution in [2.45, 2.75) is 39.3 Å². The van der Waals surface area contributed by atoms with E-state index in [4.69, 9.17) is 11.8 Å². The van der Waals surface area contributed by atoms with E-state index >= 15 is 0 Å². The minimum Gasteiger partial charge on any atom is -0.348 e. The zero-order valence-electron chi connectivity index (χ0n) is 11.1. The topological polar surface area (TPSA) is 41.1 Å². The lowest BCUT2D eigenvalue weighted by atomic mass is 10.0. The summed E-state index contributed by atoms with van der Waals surface area (Å²) in [5.74, 6) is 0.0893. The third kappa shape index (κ3) is 4.00. The molecule has 1 aromatic rings. The maximum absolute atomic E-state index is 12.1. The number of halogens is 1. The van der Waals surface area contributed by atoms with E-state index < -0.39 is 0 Å². The highest BCUT2D eigenvalue weighted by atomic mass is 35.5. The van der Waals surface area contributed by atoms with Crippen LogP contribution in [0, 0.1) is 5.92 Å². The van der Waals surface area contributed by atoms with Crippen molar-refractivity contribution < 1.29 is 4.79 Å². The number of nitrogens with one attached hydrogen (secondary N) is 2. The second-order valence-corrected chi connectivity index (χ2v) is 4.93. The molecule has 100 valence electrons. The smallest absolute Gasteiger partial charge is 0.239 e. The first-order valence-corrected chi connectivity index (χ1v) is 6.69. The van der Waals surface area contributed by atoms with Crippen molar-refractivity contribution in [3.05, 3.63) is 35.9 Å². The van der Waals surface area contributed by atoms with Gasteiger partial charge < -0.3 is 5.32 Å². The first kappa shape index (κ1) is 15.0. The maximum Gasteiger partial charge on any atom is 0.239 e. The van der Waals surface area contributed by atoms with Crippen LogP contribution in [0.25, 0.3) is 0 Å². The summed E-state index contributed by atoms with van der Waals surface area (Å²) in [5.41, 5.74) is 1.12. The van der Waals surface area contributed by atoms with E-state index in [1.54, 1.807) is 0 Å². The number of benzene rings is 1. The summed E-state index contributed by atoms with van der Waals surface area (Å²) in [6.45, 7) is 5.97. The molecule has 0 spiro atoms. The van der Waals surface area contributed by atoms with Gasteiger partial charge in [-0.1, -0.05) is 51.1 Å². The SMILES string of the molecule is CC[C@H](NC(=O)C(NCl)C(C)C)c1ccccc1. The van der Waals surface area contributed by atoms with Crippen molar-refractivity contribution in [3.8, 4) is 0 Å². The van der Waals surface area contributed by atoms with E-state index in [0.717, 1.165) is 12.0 Å². The molecule has 0 aliphatic carbocycles. The Morgan fingerprint density at radius 3 is 2.33 bits per heavy atom. The second kappa shape index (κ2) is 7.39. The molecule has 18 heavy (non-hydrogen) atoms. The largest absolute Gasteiger partial charge is 0.348 e. The highest BCUT2D eigenvalue weighted by Gasteiger charge is 2.23. The quantitative estimate of drug-likeness (QED) is 0.779. The number of amides is 1. The molecule has 2 atom stereocenters. The fourth-order valence-electron chi connectivity index (χ4n) is 1.85. The lowest BCUT2D eigenvalue weighted by molar-refractivity contribution is -0.124. The van der Waals surface area contributed by atoms with Gasteiger partial charge in [-0.25, -0.2) is 4.84 Å². The Kier molecular flexibility index (Phi) is 6.16. The van der Waals surface area contributed by atoms with Crippen LogP contribution in [0.3, 0.4) is 0 Å². The standard InChI is InChI=1S/C14H21ClN2O/c1-4-12(11-8-6-5-7-9-11)16-14(18)13(17-15)10(2)3/h5-10,12-13,17H,4H2,1-3H3,(H,16,18)/t12-,13?/m0/s1. The first-order valence-electron chi connectivity index (χ1n) is 6.31. The van der Waals surface area contributed by atoms with Crippen LogP contribution in [0.1, 0.15) is 38.8 Å².